The molecule has 10 heteroatoms. The molecule has 2 aromatic rings. The van der Waals surface area contributed by atoms with Crippen LogP contribution < -0.4 is 14.2 Å². The zero-order chi connectivity index (χ0) is 21.1. The maximum absolute atomic E-state index is 12.7. The second-order valence-corrected chi connectivity index (χ2v) is 9.05. The van der Waals surface area contributed by atoms with Crippen molar-refractivity contribution in [3.05, 3.63) is 53.1 Å². The Balaban J connectivity index is 1.44. The maximum Gasteiger partial charge on any atom is 0.267 e. The minimum atomic E-state index is -3.79. The fourth-order valence-electron chi connectivity index (χ4n) is 3.23. The standard InChI is InChI=1S/C20H21ClN2O6S/c21-16-4-2-1-3-14(16)12-22-30(25,26)15-5-6-17-18(11-15)28-13-19(29-17)20(24)23-7-9-27-10-8-23/h1-6,11,19,22H,7-10,12-13H2/t19-/m1/s1. The molecule has 8 nitrogen and oxygen atoms in total. The Morgan fingerprint density at radius 3 is 2.67 bits per heavy atom. The zero-order valence-electron chi connectivity index (χ0n) is 16.0. The van der Waals surface area contributed by atoms with Gasteiger partial charge in [0.1, 0.15) is 6.61 Å². The smallest absolute Gasteiger partial charge is 0.267 e. The highest BCUT2D eigenvalue weighted by molar-refractivity contribution is 7.89. The van der Waals surface area contributed by atoms with Gasteiger partial charge in [0.05, 0.1) is 18.1 Å². The number of amides is 1. The van der Waals surface area contributed by atoms with Gasteiger partial charge in [-0.1, -0.05) is 29.8 Å². The molecule has 2 aliphatic rings. The molecule has 30 heavy (non-hydrogen) atoms. The molecule has 0 bridgehead atoms. The summed E-state index contributed by atoms with van der Waals surface area (Å²) in [5, 5.41) is 0.485. The molecule has 160 valence electrons. The lowest BCUT2D eigenvalue weighted by Gasteiger charge is -2.32. The molecule has 0 aliphatic carbocycles. The number of carbonyl (C=O) groups excluding carboxylic acids is 1. The molecule has 1 N–H and O–H groups in total. The number of fused-ring (bicyclic) bond motifs is 1. The number of halogens is 1. The van der Waals surface area contributed by atoms with Gasteiger partial charge in [0.25, 0.3) is 5.91 Å². The number of benzene rings is 2. The highest BCUT2D eigenvalue weighted by Gasteiger charge is 2.32. The van der Waals surface area contributed by atoms with E-state index in [0.29, 0.717) is 42.6 Å². The predicted octanol–water partition coefficient (Wildman–Crippen LogP) is 1.82. The summed E-state index contributed by atoms with van der Waals surface area (Å²) in [6.07, 6.45) is -0.767. The number of hydrogen-bond donors (Lipinski definition) is 1. The van der Waals surface area contributed by atoms with Crippen molar-refractivity contribution in [2.75, 3.05) is 32.9 Å². The van der Waals surface area contributed by atoms with E-state index in [1.165, 1.54) is 18.2 Å². The fraction of sp³-hybridized carbons (Fsp3) is 0.350. The van der Waals surface area contributed by atoms with Crippen LogP contribution in [0, 0.1) is 0 Å². The van der Waals surface area contributed by atoms with Gasteiger partial charge in [-0.15, -0.1) is 0 Å². The Morgan fingerprint density at radius 1 is 1.13 bits per heavy atom. The van der Waals surface area contributed by atoms with Crippen LogP contribution in [-0.2, 0) is 26.1 Å². The maximum atomic E-state index is 12.7. The van der Waals surface area contributed by atoms with Gasteiger partial charge in [0.2, 0.25) is 16.1 Å². The number of carbonyl (C=O) groups is 1. The van der Waals surface area contributed by atoms with Crippen molar-refractivity contribution in [3.63, 3.8) is 0 Å². The van der Waals surface area contributed by atoms with E-state index in [2.05, 4.69) is 4.72 Å². The lowest BCUT2D eigenvalue weighted by molar-refractivity contribution is -0.145. The van der Waals surface area contributed by atoms with Gasteiger partial charge in [-0.05, 0) is 23.8 Å². The number of morpholine rings is 1. The Labute approximate surface area is 179 Å². The van der Waals surface area contributed by atoms with E-state index in [-0.39, 0.29) is 29.7 Å². The van der Waals surface area contributed by atoms with Gasteiger partial charge >= 0.3 is 0 Å². The summed E-state index contributed by atoms with van der Waals surface area (Å²) in [5.41, 5.74) is 0.671. The van der Waals surface area contributed by atoms with Crippen molar-refractivity contribution in [3.8, 4) is 11.5 Å². The fourth-order valence-corrected chi connectivity index (χ4v) is 4.45. The summed E-state index contributed by atoms with van der Waals surface area (Å²) in [4.78, 5) is 14.3. The molecule has 4 rings (SSSR count). The van der Waals surface area contributed by atoms with Gasteiger partial charge in [-0.3, -0.25) is 4.79 Å². The van der Waals surface area contributed by atoms with Crippen LogP contribution in [0.4, 0.5) is 0 Å². The van der Waals surface area contributed by atoms with Crippen LogP contribution in [-0.4, -0.2) is 58.2 Å². The van der Waals surface area contributed by atoms with Crippen LogP contribution in [0.25, 0.3) is 0 Å². The average Bonchev–Trinajstić information content (AvgIpc) is 2.78. The Bertz CT molecular complexity index is 1040. The summed E-state index contributed by atoms with van der Waals surface area (Å²) in [5.74, 6) is 0.446. The average molecular weight is 453 g/mol. The van der Waals surface area contributed by atoms with Crippen molar-refractivity contribution < 1.29 is 27.4 Å². The molecule has 0 unspecified atom stereocenters. The molecule has 1 atom stereocenters. The third-order valence-corrected chi connectivity index (χ3v) is 6.66. The minimum absolute atomic E-state index is 0.0136. The second-order valence-electron chi connectivity index (χ2n) is 6.88. The van der Waals surface area contributed by atoms with E-state index < -0.39 is 16.1 Å². The quantitative estimate of drug-likeness (QED) is 0.743. The van der Waals surface area contributed by atoms with Gasteiger partial charge in [0, 0.05) is 30.7 Å². The normalized spacial score (nSPS) is 18.8. The Morgan fingerprint density at radius 2 is 1.90 bits per heavy atom. The summed E-state index contributed by atoms with van der Waals surface area (Å²) in [6.45, 7) is 2.10. The summed E-state index contributed by atoms with van der Waals surface area (Å²) in [7, 11) is -3.79. The molecule has 0 saturated carbocycles. The van der Waals surface area contributed by atoms with E-state index in [4.69, 9.17) is 25.8 Å². The molecule has 0 radical (unpaired) electrons. The SMILES string of the molecule is O=C([C@H]1COc2cc(S(=O)(=O)NCc3ccccc3Cl)ccc2O1)N1CCOCC1. The number of rotatable bonds is 5. The minimum Gasteiger partial charge on any atom is -0.485 e. The molecular weight excluding hydrogens is 432 g/mol. The van der Waals surface area contributed by atoms with Gasteiger partial charge in [-0.2, -0.15) is 0 Å². The third-order valence-electron chi connectivity index (χ3n) is 4.89. The number of nitrogens with one attached hydrogen (secondary N) is 1. The van der Waals surface area contributed by atoms with Crippen molar-refractivity contribution in [2.24, 2.45) is 0 Å². The molecule has 1 fully saturated rings. The molecular formula is C20H21ClN2O6S. The summed E-state index contributed by atoms with van der Waals surface area (Å²) >= 11 is 6.08. The monoisotopic (exact) mass is 452 g/mol. The molecule has 0 spiro atoms. The molecule has 0 aromatic heterocycles. The van der Waals surface area contributed by atoms with Crippen molar-refractivity contribution in [1.82, 2.24) is 9.62 Å². The van der Waals surface area contributed by atoms with Gasteiger partial charge in [0.15, 0.2) is 11.5 Å². The molecule has 2 aliphatic heterocycles. The lowest BCUT2D eigenvalue weighted by atomic mass is 10.2. The van der Waals surface area contributed by atoms with Crippen molar-refractivity contribution >= 4 is 27.5 Å². The highest BCUT2D eigenvalue weighted by Crippen LogP contribution is 2.34. The van der Waals surface area contributed by atoms with Crippen LogP contribution in [0.15, 0.2) is 47.4 Å². The summed E-state index contributed by atoms with van der Waals surface area (Å²) in [6, 6.07) is 11.3. The lowest BCUT2D eigenvalue weighted by Crippen LogP contribution is -2.50. The van der Waals surface area contributed by atoms with Crippen LogP contribution in [0.5, 0.6) is 11.5 Å². The van der Waals surface area contributed by atoms with E-state index in [9.17, 15) is 13.2 Å². The number of ether oxygens (including phenoxy) is 3. The predicted molar refractivity (Wildman–Crippen MR) is 109 cm³/mol. The first-order valence-corrected chi connectivity index (χ1v) is 11.3. The molecule has 1 saturated heterocycles. The first-order chi connectivity index (χ1) is 14.4. The van der Waals surface area contributed by atoms with E-state index in [1.54, 1.807) is 29.2 Å². The van der Waals surface area contributed by atoms with Crippen molar-refractivity contribution in [1.29, 1.82) is 0 Å². The van der Waals surface area contributed by atoms with Crippen LogP contribution in [0.2, 0.25) is 5.02 Å². The van der Waals surface area contributed by atoms with Gasteiger partial charge in [-0.25, -0.2) is 13.1 Å². The number of hydrogen-bond acceptors (Lipinski definition) is 6. The Hall–Kier alpha value is -2.33. The topological polar surface area (TPSA) is 94.2 Å². The summed E-state index contributed by atoms with van der Waals surface area (Å²) < 4.78 is 44.5. The van der Waals surface area contributed by atoms with Crippen LogP contribution in [0.3, 0.4) is 0 Å². The van der Waals surface area contributed by atoms with Crippen molar-refractivity contribution in [2.45, 2.75) is 17.5 Å². The number of sulfonamides is 1. The number of nitrogens with zero attached hydrogens (tertiary/aromatic N) is 1. The van der Waals surface area contributed by atoms with E-state index in [0.717, 1.165) is 0 Å². The Kier molecular flexibility index (Phi) is 6.14. The first-order valence-electron chi connectivity index (χ1n) is 9.47. The van der Waals surface area contributed by atoms with Crippen LogP contribution >= 0.6 is 11.6 Å². The van der Waals surface area contributed by atoms with Crippen LogP contribution in [0.1, 0.15) is 5.56 Å². The third kappa shape index (κ3) is 4.54. The molecule has 2 aromatic carbocycles. The molecule has 2 heterocycles. The zero-order valence-corrected chi connectivity index (χ0v) is 17.6. The second kappa shape index (κ2) is 8.81. The highest BCUT2D eigenvalue weighted by atomic mass is 35.5. The first kappa shape index (κ1) is 20.9. The van der Waals surface area contributed by atoms with Gasteiger partial charge < -0.3 is 19.1 Å². The van der Waals surface area contributed by atoms with E-state index in [1.807, 2.05) is 0 Å². The van der Waals surface area contributed by atoms with E-state index >= 15 is 0 Å². The molecule has 1 amide bonds. The largest absolute Gasteiger partial charge is 0.485 e.